The van der Waals surface area contributed by atoms with Crippen LogP contribution in [-0.4, -0.2) is 23.2 Å². The van der Waals surface area contributed by atoms with Crippen molar-refractivity contribution in [3.8, 4) is 16.9 Å². The fraction of sp³-hybridized carbons (Fsp3) is 0.318. The van der Waals surface area contributed by atoms with E-state index in [0.717, 1.165) is 40.9 Å². The molecule has 26 heavy (non-hydrogen) atoms. The number of aromatic nitrogens is 1. The zero-order chi connectivity index (χ0) is 18.3. The van der Waals surface area contributed by atoms with E-state index in [1.807, 2.05) is 18.2 Å². The molecular formula is C22H23FN2O. The molecule has 1 N–H and O–H groups in total. The molecule has 1 aliphatic rings. The van der Waals surface area contributed by atoms with Crippen LogP contribution in [0, 0.1) is 5.82 Å². The fourth-order valence-corrected chi connectivity index (χ4v) is 3.90. The first-order chi connectivity index (χ1) is 12.5. The first-order valence-corrected chi connectivity index (χ1v) is 9.22. The van der Waals surface area contributed by atoms with Crippen LogP contribution in [0.15, 0.2) is 42.5 Å². The lowest BCUT2D eigenvalue weighted by molar-refractivity contribution is 0.476. The molecule has 1 fully saturated rings. The lowest BCUT2D eigenvalue weighted by atomic mass is 9.89. The molecular weight excluding hydrogens is 327 g/mol. The number of anilines is 1. The fourth-order valence-electron chi connectivity index (χ4n) is 3.90. The highest BCUT2D eigenvalue weighted by Crippen LogP contribution is 2.42. The maximum Gasteiger partial charge on any atom is 0.133 e. The maximum atomic E-state index is 13.5. The molecule has 0 spiro atoms. The average molecular weight is 350 g/mol. The predicted octanol–water partition coefficient (Wildman–Crippen LogP) is 5.47. The molecule has 1 saturated heterocycles. The van der Waals surface area contributed by atoms with Crippen molar-refractivity contribution in [1.82, 2.24) is 4.98 Å². The second-order valence-corrected chi connectivity index (χ2v) is 7.28. The molecule has 0 amide bonds. The van der Waals surface area contributed by atoms with E-state index in [0.29, 0.717) is 0 Å². The van der Waals surface area contributed by atoms with Crippen molar-refractivity contribution in [2.75, 3.05) is 18.0 Å². The molecule has 4 rings (SSSR count). The predicted molar refractivity (Wildman–Crippen MR) is 104 cm³/mol. The molecule has 0 saturated carbocycles. The van der Waals surface area contributed by atoms with Crippen LogP contribution in [0.2, 0.25) is 0 Å². The van der Waals surface area contributed by atoms with E-state index in [1.54, 1.807) is 12.1 Å². The molecule has 0 aliphatic carbocycles. The molecule has 0 atom stereocenters. The number of hydrogen-bond acceptors (Lipinski definition) is 3. The minimum Gasteiger partial charge on any atom is -0.508 e. The molecule has 1 aliphatic heterocycles. The maximum absolute atomic E-state index is 13.5. The Labute approximate surface area is 153 Å². The molecule has 1 aromatic heterocycles. The number of halogens is 1. The number of benzene rings is 2. The zero-order valence-corrected chi connectivity index (χ0v) is 15.2. The van der Waals surface area contributed by atoms with Gasteiger partial charge in [0.2, 0.25) is 0 Å². The number of phenolic OH excluding ortho intramolecular Hbond substituents is 1. The van der Waals surface area contributed by atoms with Crippen molar-refractivity contribution in [2.45, 2.75) is 32.6 Å². The first-order valence-electron chi connectivity index (χ1n) is 9.22. The number of aromatic hydroxyl groups is 1. The van der Waals surface area contributed by atoms with Crippen LogP contribution in [-0.2, 0) is 0 Å². The molecule has 4 heteroatoms. The van der Waals surface area contributed by atoms with Gasteiger partial charge in [-0.25, -0.2) is 9.37 Å². The number of pyridine rings is 1. The minimum absolute atomic E-state index is 0.208. The largest absolute Gasteiger partial charge is 0.508 e. The van der Waals surface area contributed by atoms with E-state index < -0.39 is 0 Å². The summed E-state index contributed by atoms with van der Waals surface area (Å²) in [6.07, 6.45) is 2.34. The Morgan fingerprint density at radius 2 is 1.73 bits per heavy atom. The number of fused-ring (bicyclic) bond motifs is 1. The zero-order valence-electron chi connectivity index (χ0n) is 15.2. The third kappa shape index (κ3) is 2.90. The second kappa shape index (κ2) is 6.60. The summed E-state index contributed by atoms with van der Waals surface area (Å²) < 4.78 is 13.5. The minimum atomic E-state index is -0.240. The SMILES string of the molecule is CC(C)c1c(N2CCCC2)nc2cc(O)ccc2c1-c1ccc(F)cc1. The highest BCUT2D eigenvalue weighted by Gasteiger charge is 2.24. The Morgan fingerprint density at radius 1 is 1.04 bits per heavy atom. The summed E-state index contributed by atoms with van der Waals surface area (Å²) in [5.41, 5.74) is 4.04. The summed E-state index contributed by atoms with van der Waals surface area (Å²) >= 11 is 0. The van der Waals surface area contributed by atoms with Gasteiger partial charge in [0.1, 0.15) is 17.4 Å². The van der Waals surface area contributed by atoms with E-state index in [1.165, 1.54) is 30.5 Å². The van der Waals surface area contributed by atoms with Crippen molar-refractivity contribution in [3.05, 3.63) is 53.8 Å². The van der Waals surface area contributed by atoms with Gasteiger partial charge in [0, 0.05) is 30.1 Å². The number of nitrogens with zero attached hydrogens (tertiary/aromatic N) is 2. The molecule has 3 nitrogen and oxygen atoms in total. The van der Waals surface area contributed by atoms with E-state index in [9.17, 15) is 9.50 Å². The van der Waals surface area contributed by atoms with Gasteiger partial charge in [-0.05, 0) is 54.2 Å². The van der Waals surface area contributed by atoms with E-state index in [2.05, 4.69) is 18.7 Å². The van der Waals surface area contributed by atoms with Crippen molar-refractivity contribution >= 4 is 16.7 Å². The number of rotatable bonds is 3. The van der Waals surface area contributed by atoms with E-state index in [-0.39, 0.29) is 17.5 Å². The van der Waals surface area contributed by atoms with Gasteiger partial charge in [-0.2, -0.15) is 0 Å². The topological polar surface area (TPSA) is 36.4 Å². The molecule has 0 bridgehead atoms. The van der Waals surface area contributed by atoms with Crippen LogP contribution in [0.5, 0.6) is 5.75 Å². The summed E-state index contributed by atoms with van der Waals surface area (Å²) in [7, 11) is 0. The normalized spacial score (nSPS) is 14.5. The summed E-state index contributed by atoms with van der Waals surface area (Å²) in [5, 5.41) is 10.9. The Bertz CT molecular complexity index is 945. The van der Waals surface area contributed by atoms with E-state index >= 15 is 0 Å². The molecule has 0 radical (unpaired) electrons. The molecule has 0 unspecified atom stereocenters. The van der Waals surface area contributed by atoms with Gasteiger partial charge < -0.3 is 10.0 Å². The Morgan fingerprint density at radius 3 is 2.38 bits per heavy atom. The number of phenols is 1. The summed E-state index contributed by atoms with van der Waals surface area (Å²) in [4.78, 5) is 7.27. The molecule has 2 aromatic carbocycles. The molecule has 3 aromatic rings. The highest BCUT2D eigenvalue weighted by atomic mass is 19.1. The third-order valence-corrected chi connectivity index (χ3v) is 5.10. The van der Waals surface area contributed by atoms with Crippen LogP contribution in [0.1, 0.15) is 38.2 Å². The van der Waals surface area contributed by atoms with Gasteiger partial charge in [-0.1, -0.05) is 26.0 Å². The smallest absolute Gasteiger partial charge is 0.133 e. The Hall–Kier alpha value is -2.62. The Balaban J connectivity index is 2.07. The van der Waals surface area contributed by atoms with Crippen LogP contribution in [0.3, 0.4) is 0 Å². The van der Waals surface area contributed by atoms with Crippen LogP contribution < -0.4 is 4.90 Å². The quantitative estimate of drug-likeness (QED) is 0.680. The van der Waals surface area contributed by atoms with Gasteiger partial charge in [0.05, 0.1) is 5.52 Å². The summed E-state index contributed by atoms with van der Waals surface area (Å²) in [5.74, 6) is 1.24. The number of hydrogen-bond donors (Lipinski definition) is 1. The summed E-state index contributed by atoms with van der Waals surface area (Å²) in [6.45, 7) is 6.35. The first kappa shape index (κ1) is 16.8. The second-order valence-electron chi connectivity index (χ2n) is 7.28. The van der Waals surface area contributed by atoms with Gasteiger partial charge in [0.15, 0.2) is 0 Å². The monoisotopic (exact) mass is 350 g/mol. The average Bonchev–Trinajstić information content (AvgIpc) is 3.15. The lowest BCUT2D eigenvalue weighted by Crippen LogP contribution is -2.21. The van der Waals surface area contributed by atoms with Crippen LogP contribution >= 0.6 is 0 Å². The van der Waals surface area contributed by atoms with Crippen molar-refractivity contribution in [3.63, 3.8) is 0 Å². The highest BCUT2D eigenvalue weighted by molar-refractivity contribution is 5.99. The standard InChI is InChI=1S/C22H23FN2O/c1-14(2)20-21(15-5-7-16(23)8-6-15)18-10-9-17(26)13-19(18)24-22(20)25-11-3-4-12-25/h5-10,13-14,26H,3-4,11-12H2,1-2H3. The van der Waals surface area contributed by atoms with Gasteiger partial charge in [-0.3, -0.25) is 0 Å². The van der Waals surface area contributed by atoms with Crippen LogP contribution in [0.4, 0.5) is 10.2 Å². The molecule has 134 valence electrons. The van der Waals surface area contributed by atoms with Gasteiger partial charge in [0.25, 0.3) is 0 Å². The van der Waals surface area contributed by atoms with Crippen molar-refractivity contribution in [2.24, 2.45) is 0 Å². The lowest BCUT2D eigenvalue weighted by Gasteiger charge is -2.26. The van der Waals surface area contributed by atoms with Crippen molar-refractivity contribution < 1.29 is 9.50 Å². The van der Waals surface area contributed by atoms with Gasteiger partial charge >= 0.3 is 0 Å². The summed E-state index contributed by atoms with van der Waals surface area (Å²) in [6, 6.07) is 12.0. The Kier molecular flexibility index (Phi) is 4.27. The van der Waals surface area contributed by atoms with Gasteiger partial charge in [-0.15, -0.1) is 0 Å². The van der Waals surface area contributed by atoms with E-state index in [4.69, 9.17) is 4.98 Å². The third-order valence-electron chi connectivity index (χ3n) is 5.10. The van der Waals surface area contributed by atoms with Crippen LogP contribution in [0.25, 0.3) is 22.0 Å². The molecule has 2 heterocycles. The van der Waals surface area contributed by atoms with Crippen molar-refractivity contribution in [1.29, 1.82) is 0 Å².